The average Bonchev–Trinajstić information content (AvgIpc) is 2.74. The van der Waals surface area contributed by atoms with Crippen molar-refractivity contribution in [2.24, 2.45) is 10.7 Å². The van der Waals surface area contributed by atoms with Crippen molar-refractivity contribution in [3.63, 3.8) is 0 Å². The van der Waals surface area contributed by atoms with E-state index in [0.29, 0.717) is 30.0 Å². The molecule has 2 aromatic carbocycles. The summed E-state index contributed by atoms with van der Waals surface area (Å²) in [4.78, 5) is 7.02. The second kappa shape index (κ2) is 12.0. The molecule has 1 unspecified atom stereocenters. The number of piperidine rings is 1. The van der Waals surface area contributed by atoms with Crippen LogP contribution < -0.4 is 20.5 Å². The zero-order valence-electron chi connectivity index (χ0n) is 18.1. The lowest BCUT2D eigenvalue weighted by Crippen LogP contribution is -2.36. The van der Waals surface area contributed by atoms with E-state index in [2.05, 4.69) is 46.4 Å². The molecule has 3 N–H and O–H groups in total. The van der Waals surface area contributed by atoms with Crippen molar-refractivity contribution < 1.29 is 9.47 Å². The molecule has 1 aliphatic rings. The first-order valence-corrected chi connectivity index (χ1v) is 10.2. The first kappa shape index (κ1) is 24.3. The summed E-state index contributed by atoms with van der Waals surface area (Å²) in [7, 11) is 3.22. The molecule has 6 nitrogen and oxygen atoms in total. The highest BCUT2D eigenvalue weighted by atomic mass is 127. The molecule has 30 heavy (non-hydrogen) atoms. The van der Waals surface area contributed by atoms with Gasteiger partial charge in [0.15, 0.2) is 17.5 Å². The second-order valence-electron chi connectivity index (χ2n) is 7.53. The van der Waals surface area contributed by atoms with Crippen LogP contribution in [-0.2, 0) is 13.1 Å². The summed E-state index contributed by atoms with van der Waals surface area (Å²) in [5.74, 6) is 1.68. The molecule has 1 heterocycles. The molecule has 1 aliphatic heterocycles. The Morgan fingerprint density at radius 3 is 2.43 bits per heavy atom. The Kier molecular flexibility index (Phi) is 9.71. The zero-order valence-corrected chi connectivity index (χ0v) is 20.4. The van der Waals surface area contributed by atoms with Crippen LogP contribution in [-0.4, -0.2) is 37.7 Å². The first-order valence-electron chi connectivity index (χ1n) is 10.2. The number of ether oxygens (including phenoxy) is 2. The van der Waals surface area contributed by atoms with Crippen LogP contribution in [0.15, 0.2) is 47.5 Å². The maximum Gasteiger partial charge on any atom is 0.193 e. The molecule has 1 atom stereocenters. The number of anilines is 1. The van der Waals surface area contributed by atoms with Gasteiger partial charge in [0.05, 0.1) is 20.8 Å². The van der Waals surface area contributed by atoms with Crippen LogP contribution >= 0.6 is 24.0 Å². The molecule has 2 aromatic rings. The number of nitrogens with zero attached hydrogens (tertiary/aromatic N) is 2. The number of guanidine groups is 1. The molecule has 0 spiro atoms. The Bertz CT molecular complexity index is 826. The third-order valence-electron chi connectivity index (χ3n) is 5.44. The number of hydrogen-bond acceptors (Lipinski definition) is 4. The maximum absolute atomic E-state index is 6.04. The van der Waals surface area contributed by atoms with E-state index in [1.54, 1.807) is 14.2 Å². The number of likely N-dealkylation sites (tertiary alicyclic amines) is 1. The van der Waals surface area contributed by atoms with E-state index in [1.165, 1.54) is 31.4 Å². The second-order valence-corrected chi connectivity index (χ2v) is 7.53. The first-order chi connectivity index (χ1) is 14.1. The van der Waals surface area contributed by atoms with Crippen molar-refractivity contribution in [2.75, 3.05) is 26.1 Å². The van der Waals surface area contributed by atoms with Gasteiger partial charge in [-0.1, -0.05) is 30.7 Å². The molecule has 0 bridgehead atoms. The van der Waals surface area contributed by atoms with Crippen molar-refractivity contribution in [3.8, 4) is 11.5 Å². The molecule has 7 heteroatoms. The predicted molar refractivity (Wildman–Crippen MR) is 134 cm³/mol. The summed E-state index contributed by atoms with van der Waals surface area (Å²) < 4.78 is 10.6. The van der Waals surface area contributed by atoms with Crippen LogP contribution in [0.3, 0.4) is 0 Å². The maximum atomic E-state index is 6.04. The van der Waals surface area contributed by atoms with Gasteiger partial charge in [0, 0.05) is 24.3 Å². The summed E-state index contributed by atoms with van der Waals surface area (Å²) in [6.45, 7) is 5.09. The number of halogens is 1. The Morgan fingerprint density at radius 2 is 1.77 bits per heavy atom. The number of rotatable bonds is 7. The molecular formula is C23H33IN4O2. The van der Waals surface area contributed by atoms with E-state index in [1.807, 2.05) is 18.2 Å². The lowest BCUT2D eigenvalue weighted by molar-refractivity contribution is 0.152. The van der Waals surface area contributed by atoms with Crippen LogP contribution in [0.2, 0.25) is 0 Å². The van der Waals surface area contributed by atoms with Crippen LogP contribution in [0.5, 0.6) is 11.5 Å². The van der Waals surface area contributed by atoms with Gasteiger partial charge < -0.3 is 20.5 Å². The minimum Gasteiger partial charge on any atom is -0.493 e. The van der Waals surface area contributed by atoms with Crippen LogP contribution in [0.1, 0.15) is 37.3 Å². The molecule has 0 amide bonds. The Labute approximate surface area is 196 Å². The van der Waals surface area contributed by atoms with Gasteiger partial charge in [-0.25, -0.2) is 4.99 Å². The summed E-state index contributed by atoms with van der Waals surface area (Å²) >= 11 is 0. The minimum absolute atomic E-state index is 0. The van der Waals surface area contributed by atoms with Crippen molar-refractivity contribution in [1.29, 1.82) is 0 Å². The van der Waals surface area contributed by atoms with Gasteiger partial charge >= 0.3 is 0 Å². The third-order valence-corrected chi connectivity index (χ3v) is 5.44. The lowest BCUT2D eigenvalue weighted by atomic mass is 10.0. The Hall–Kier alpha value is -2.00. The van der Waals surface area contributed by atoms with E-state index in [4.69, 9.17) is 15.2 Å². The summed E-state index contributed by atoms with van der Waals surface area (Å²) in [6.07, 6.45) is 3.97. The zero-order chi connectivity index (χ0) is 20.6. The SMILES string of the molecule is COc1ccc(NC(N)=NCc2ccc(CN3CCCCC3C)cc2)cc1OC.I. The molecule has 0 radical (unpaired) electrons. The number of nitrogens with one attached hydrogen (secondary N) is 1. The molecule has 0 aromatic heterocycles. The number of benzene rings is 2. The quantitative estimate of drug-likeness (QED) is 0.314. The highest BCUT2D eigenvalue weighted by Gasteiger charge is 2.17. The summed E-state index contributed by atoms with van der Waals surface area (Å²) in [5.41, 5.74) is 9.33. The normalized spacial score (nSPS) is 17.2. The minimum atomic E-state index is 0. The fourth-order valence-electron chi connectivity index (χ4n) is 3.65. The molecule has 0 aliphatic carbocycles. The molecule has 164 valence electrons. The fourth-order valence-corrected chi connectivity index (χ4v) is 3.65. The van der Waals surface area contributed by atoms with Gasteiger partial charge in [0.2, 0.25) is 0 Å². The lowest BCUT2D eigenvalue weighted by Gasteiger charge is -2.33. The number of aliphatic imine (C=N–C) groups is 1. The molecule has 1 fully saturated rings. The Morgan fingerprint density at radius 1 is 1.07 bits per heavy atom. The molecule has 0 saturated carbocycles. The van der Waals surface area contributed by atoms with Crippen molar-refractivity contribution in [3.05, 3.63) is 53.6 Å². The Balaban J connectivity index is 0.00000320. The topological polar surface area (TPSA) is 72.1 Å². The van der Waals surface area contributed by atoms with Crippen LogP contribution in [0, 0.1) is 0 Å². The smallest absolute Gasteiger partial charge is 0.193 e. The molecular weight excluding hydrogens is 491 g/mol. The number of nitrogens with two attached hydrogens (primary N) is 1. The number of hydrogen-bond donors (Lipinski definition) is 2. The fraction of sp³-hybridized carbons (Fsp3) is 0.435. The average molecular weight is 524 g/mol. The largest absolute Gasteiger partial charge is 0.493 e. The summed E-state index contributed by atoms with van der Waals surface area (Å²) in [5, 5.41) is 3.09. The van der Waals surface area contributed by atoms with E-state index in [0.717, 1.165) is 17.8 Å². The number of methoxy groups -OCH3 is 2. The van der Waals surface area contributed by atoms with Crippen LogP contribution in [0.4, 0.5) is 5.69 Å². The highest BCUT2D eigenvalue weighted by Crippen LogP contribution is 2.29. The van der Waals surface area contributed by atoms with Crippen molar-refractivity contribution in [2.45, 2.75) is 45.3 Å². The van der Waals surface area contributed by atoms with E-state index < -0.39 is 0 Å². The van der Waals surface area contributed by atoms with Crippen molar-refractivity contribution >= 4 is 35.6 Å². The van der Waals surface area contributed by atoms with Gasteiger partial charge in [-0.05, 0) is 49.6 Å². The molecule has 1 saturated heterocycles. The molecule has 3 rings (SSSR count). The van der Waals surface area contributed by atoms with E-state index in [9.17, 15) is 0 Å². The van der Waals surface area contributed by atoms with Crippen LogP contribution in [0.25, 0.3) is 0 Å². The summed E-state index contributed by atoms with van der Waals surface area (Å²) in [6, 6.07) is 14.9. The van der Waals surface area contributed by atoms with Crippen molar-refractivity contribution in [1.82, 2.24) is 4.90 Å². The van der Waals surface area contributed by atoms with Gasteiger partial charge in [-0.15, -0.1) is 24.0 Å². The van der Waals surface area contributed by atoms with Gasteiger partial charge in [-0.3, -0.25) is 4.90 Å². The standard InChI is InChI=1S/C23H32N4O2.HI/c1-17-6-4-5-13-27(17)16-19-9-7-18(8-10-19)15-25-23(24)26-20-11-12-21(28-2)22(14-20)29-3;/h7-12,14,17H,4-6,13,15-16H2,1-3H3,(H3,24,25,26);1H. The predicted octanol–water partition coefficient (Wildman–Crippen LogP) is 4.62. The van der Waals surface area contributed by atoms with E-state index >= 15 is 0 Å². The van der Waals surface area contributed by atoms with Gasteiger partial charge in [-0.2, -0.15) is 0 Å². The third kappa shape index (κ3) is 6.77. The monoisotopic (exact) mass is 524 g/mol. The van der Waals surface area contributed by atoms with Gasteiger partial charge in [0.1, 0.15) is 0 Å². The van der Waals surface area contributed by atoms with Gasteiger partial charge in [0.25, 0.3) is 0 Å². The highest BCUT2D eigenvalue weighted by molar-refractivity contribution is 14.0. The van der Waals surface area contributed by atoms with E-state index in [-0.39, 0.29) is 24.0 Å².